The van der Waals surface area contributed by atoms with Gasteiger partial charge in [-0.05, 0) is 24.6 Å². The van der Waals surface area contributed by atoms with E-state index in [4.69, 9.17) is 15.2 Å². The van der Waals surface area contributed by atoms with Crippen LogP contribution >= 0.6 is 0 Å². The second-order valence-corrected chi connectivity index (χ2v) is 4.50. The average Bonchev–Trinajstić information content (AvgIpc) is 2.93. The van der Waals surface area contributed by atoms with E-state index in [1.807, 2.05) is 18.2 Å². The fourth-order valence-electron chi connectivity index (χ4n) is 2.41. The van der Waals surface area contributed by atoms with E-state index in [0.717, 1.165) is 35.6 Å². The lowest BCUT2D eigenvalue weighted by Gasteiger charge is -2.11. The van der Waals surface area contributed by atoms with Gasteiger partial charge < -0.3 is 20.5 Å². The van der Waals surface area contributed by atoms with Crippen LogP contribution in [-0.4, -0.2) is 30.7 Å². The Labute approximate surface area is 116 Å². The molecule has 2 heterocycles. The van der Waals surface area contributed by atoms with Crippen molar-refractivity contribution in [3.63, 3.8) is 0 Å². The molecule has 1 aliphatic rings. The van der Waals surface area contributed by atoms with Crippen molar-refractivity contribution in [3.05, 3.63) is 23.8 Å². The van der Waals surface area contributed by atoms with Crippen molar-refractivity contribution in [2.75, 3.05) is 31.8 Å². The molecule has 0 aliphatic carbocycles. The van der Waals surface area contributed by atoms with E-state index in [1.54, 1.807) is 14.2 Å². The first-order valence-corrected chi connectivity index (χ1v) is 6.35. The molecule has 6 heteroatoms. The van der Waals surface area contributed by atoms with Gasteiger partial charge in [0.2, 0.25) is 5.95 Å². The smallest absolute Gasteiger partial charge is 0.222 e. The number of aromatic nitrogens is 2. The molecule has 104 valence electrons. The molecule has 0 saturated carbocycles. The molecule has 1 aromatic carbocycles. The normalized spacial score (nSPS) is 12.7. The molecule has 0 radical (unpaired) electrons. The van der Waals surface area contributed by atoms with Crippen LogP contribution in [0.2, 0.25) is 0 Å². The zero-order valence-electron chi connectivity index (χ0n) is 11.4. The summed E-state index contributed by atoms with van der Waals surface area (Å²) in [6, 6.07) is 5.71. The predicted octanol–water partition coefficient (Wildman–Crippen LogP) is 1.71. The van der Waals surface area contributed by atoms with Crippen LogP contribution in [0.25, 0.3) is 11.3 Å². The number of rotatable bonds is 3. The van der Waals surface area contributed by atoms with E-state index in [0.29, 0.717) is 11.5 Å². The van der Waals surface area contributed by atoms with Crippen LogP contribution in [-0.2, 0) is 6.42 Å². The van der Waals surface area contributed by atoms with E-state index < -0.39 is 0 Å². The number of nitrogen functional groups attached to an aromatic ring is 1. The van der Waals surface area contributed by atoms with Crippen LogP contribution in [0.1, 0.15) is 5.56 Å². The Morgan fingerprint density at radius 3 is 2.70 bits per heavy atom. The largest absolute Gasteiger partial charge is 0.493 e. The van der Waals surface area contributed by atoms with Crippen LogP contribution in [0, 0.1) is 0 Å². The van der Waals surface area contributed by atoms with E-state index in [1.165, 1.54) is 0 Å². The summed E-state index contributed by atoms with van der Waals surface area (Å²) in [5, 5.41) is 3.22. The topological polar surface area (TPSA) is 82.3 Å². The number of methoxy groups -OCH3 is 2. The fourth-order valence-corrected chi connectivity index (χ4v) is 2.41. The zero-order valence-corrected chi connectivity index (χ0v) is 11.4. The van der Waals surface area contributed by atoms with Gasteiger partial charge in [-0.2, -0.15) is 4.98 Å². The molecule has 0 bridgehead atoms. The highest BCUT2D eigenvalue weighted by atomic mass is 16.5. The molecule has 0 atom stereocenters. The second-order valence-electron chi connectivity index (χ2n) is 4.50. The zero-order chi connectivity index (χ0) is 14.1. The van der Waals surface area contributed by atoms with Gasteiger partial charge in [0, 0.05) is 17.7 Å². The Hall–Kier alpha value is -2.50. The molecule has 2 aromatic rings. The Kier molecular flexibility index (Phi) is 3.06. The number of nitrogens with zero attached hydrogens (tertiary/aromatic N) is 2. The lowest BCUT2D eigenvalue weighted by molar-refractivity contribution is 0.355. The van der Waals surface area contributed by atoms with Gasteiger partial charge in [-0.1, -0.05) is 0 Å². The van der Waals surface area contributed by atoms with Gasteiger partial charge in [-0.3, -0.25) is 0 Å². The third-order valence-electron chi connectivity index (χ3n) is 3.35. The van der Waals surface area contributed by atoms with Crippen molar-refractivity contribution >= 4 is 11.8 Å². The Morgan fingerprint density at radius 2 is 1.95 bits per heavy atom. The molecule has 0 amide bonds. The van der Waals surface area contributed by atoms with Crippen LogP contribution in [0.4, 0.5) is 11.8 Å². The number of ether oxygens (including phenoxy) is 2. The molecular weight excluding hydrogens is 256 g/mol. The maximum atomic E-state index is 5.78. The molecule has 0 unspecified atom stereocenters. The predicted molar refractivity (Wildman–Crippen MR) is 77.2 cm³/mol. The summed E-state index contributed by atoms with van der Waals surface area (Å²) in [4.78, 5) is 8.59. The summed E-state index contributed by atoms with van der Waals surface area (Å²) in [6.07, 6.45) is 0.888. The molecule has 3 rings (SSSR count). The maximum Gasteiger partial charge on any atom is 0.222 e. The van der Waals surface area contributed by atoms with Crippen molar-refractivity contribution in [3.8, 4) is 22.8 Å². The molecule has 0 spiro atoms. The SMILES string of the molecule is COc1ccc(-c2nc(N)nc3c2CCN3)cc1OC. The monoisotopic (exact) mass is 272 g/mol. The standard InChI is InChI=1S/C14H16N4O2/c1-19-10-4-3-8(7-11(10)20-2)12-9-5-6-16-13(9)18-14(15)17-12/h3-4,7H,5-6H2,1-2H3,(H3,15,16,17,18). The lowest BCUT2D eigenvalue weighted by atomic mass is 10.0. The van der Waals surface area contributed by atoms with Crippen molar-refractivity contribution in [2.45, 2.75) is 6.42 Å². The van der Waals surface area contributed by atoms with Gasteiger partial charge in [0.1, 0.15) is 5.82 Å². The van der Waals surface area contributed by atoms with E-state index in [-0.39, 0.29) is 5.95 Å². The Bertz CT molecular complexity index is 658. The number of nitrogens with two attached hydrogens (primary N) is 1. The van der Waals surface area contributed by atoms with E-state index >= 15 is 0 Å². The van der Waals surface area contributed by atoms with E-state index in [2.05, 4.69) is 15.3 Å². The molecular formula is C14H16N4O2. The van der Waals surface area contributed by atoms with Gasteiger partial charge in [-0.15, -0.1) is 0 Å². The lowest BCUT2D eigenvalue weighted by Crippen LogP contribution is -2.01. The highest BCUT2D eigenvalue weighted by Gasteiger charge is 2.20. The third-order valence-corrected chi connectivity index (χ3v) is 3.35. The summed E-state index contributed by atoms with van der Waals surface area (Å²) in [7, 11) is 3.23. The van der Waals surface area contributed by atoms with Gasteiger partial charge in [0.25, 0.3) is 0 Å². The van der Waals surface area contributed by atoms with Gasteiger partial charge >= 0.3 is 0 Å². The van der Waals surface area contributed by atoms with Gasteiger partial charge in [0.05, 0.1) is 19.9 Å². The number of hydrogen-bond acceptors (Lipinski definition) is 6. The molecule has 20 heavy (non-hydrogen) atoms. The number of fused-ring (bicyclic) bond motifs is 1. The van der Waals surface area contributed by atoms with Crippen LogP contribution in [0.5, 0.6) is 11.5 Å². The second kappa shape index (κ2) is 4.88. The maximum absolute atomic E-state index is 5.78. The first kappa shape index (κ1) is 12.5. The number of anilines is 2. The summed E-state index contributed by atoms with van der Waals surface area (Å²) >= 11 is 0. The van der Waals surface area contributed by atoms with E-state index in [9.17, 15) is 0 Å². The summed E-state index contributed by atoms with van der Waals surface area (Å²) in [5.41, 5.74) is 8.65. The first-order valence-electron chi connectivity index (χ1n) is 6.35. The summed E-state index contributed by atoms with van der Waals surface area (Å²) in [5.74, 6) is 2.44. The Balaban J connectivity index is 2.14. The highest BCUT2D eigenvalue weighted by Crippen LogP contribution is 2.35. The summed E-state index contributed by atoms with van der Waals surface area (Å²) in [6.45, 7) is 0.855. The van der Waals surface area contributed by atoms with Crippen molar-refractivity contribution < 1.29 is 9.47 Å². The molecule has 3 N–H and O–H groups in total. The van der Waals surface area contributed by atoms with Crippen molar-refractivity contribution in [2.24, 2.45) is 0 Å². The quantitative estimate of drug-likeness (QED) is 0.885. The molecule has 0 fully saturated rings. The molecule has 6 nitrogen and oxygen atoms in total. The minimum absolute atomic E-state index is 0.267. The number of hydrogen-bond donors (Lipinski definition) is 2. The van der Waals surface area contributed by atoms with Gasteiger partial charge in [0.15, 0.2) is 11.5 Å². The summed E-state index contributed by atoms with van der Waals surface area (Å²) < 4.78 is 10.6. The number of benzene rings is 1. The number of nitrogens with one attached hydrogen (secondary N) is 1. The molecule has 0 saturated heterocycles. The molecule has 1 aliphatic heterocycles. The minimum Gasteiger partial charge on any atom is -0.493 e. The van der Waals surface area contributed by atoms with Gasteiger partial charge in [-0.25, -0.2) is 4.98 Å². The van der Waals surface area contributed by atoms with Crippen LogP contribution in [0.3, 0.4) is 0 Å². The average molecular weight is 272 g/mol. The van der Waals surface area contributed by atoms with Crippen LogP contribution < -0.4 is 20.5 Å². The third kappa shape index (κ3) is 1.99. The molecule has 1 aromatic heterocycles. The highest BCUT2D eigenvalue weighted by molar-refractivity contribution is 5.73. The Morgan fingerprint density at radius 1 is 1.15 bits per heavy atom. The van der Waals surface area contributed by atoms with Crippen LogP contribution in [0.15, 0.2) is 18.2 Å². The minimum atomic E-state index is 0.267. The first-order chi connectivity index (χ1) is 9.72. The van der Waals surface area contributed by atoms with Crippen molar-refractivity contribution in [1.29, 1.82) is 0 Å². The fraction of sp³-hybridized carbons (Fsp3) is 0.286. The van der Waals surface area contributed by atoms with Crippen molar-refractivity contribution in [1.82, 2.24) is 9.97 Å².